The Bertz CT molecular complexity index is 1390. The van der Waals surface area contributed by atoms with Crippen LogP contribution in [0.1, 0.15) is 39.9 Å². The highest BCUT2D eigenvalue weighted by atomic mass is 16.3. The van der Waals surface area contributed by atoms with Gasteiger partial charge in [-0.3, -0.25) is 19.4 Å². The van der Waals surface area contributed by atoms with E-state index in [1.54, 1.807) is 18.5 Å². The van der Waals surface area contributed by atoms with Crippen LogP contribution in [0.4, 0.5) is 0 Å². The van der Waals surface area contributed by atoms with Gasteiger partial charge < -0.3 is 26.2 Å². The van der Waals surface area contributed by atoms with E-state index in [2.05, 4.69) is 4.98 Å². The second kappa shape index (κ2) is 7.92. The maximum Gasteiger partial charge on any atom is 0.255 e. The molecule has 3 atom stereocenters. The molecule has 35 heavy (non-hydrogen) atoms. The minimum Gasteiger partial charge on any atom is -0.511 e. The molecule has 0 saturated heterocycles. The number of pyridine rings is 1. The van der Waals surface area contributed by atoms with Crippen LogP contribution in [0.2, 0.25) is 0 Å². The standard InChI is InChI=1S/C26H22N2O7/c27-25(34)21-18(30)11-15-9-14-10-16-13(2-1-12-5-7-28-8-6-12)3-4-17(29)20(16)22(31)19(14)23(32)26(15,35)24(21)33/h1-8,14-15,29-30,32,35H,9-11H2,(H2,27,34)/b2-1+/t14-,15+,26+/m1/s1. The summed E-state index contributed by atoms with van der Waals surface area (Å²) in [5.41, 5.74) is 3.82. The molecular weight excluding hydrogens is 452 g/mol. The number of aromatic nitrogens is 1. The van der Waals surface area contributed by atoms with Gasteiger partial charge in [-0.25, -0.2) is 0 Å². The van der Waals surface area contributed by atoms with Crippen LogP contribution in [-0.4, -0.2) is 48.5 Å². The molecule has 0 spiro atoms. The van der Waals surface area contributed by atoms with E-state index in [-0.39, 0.29) is 36.1 Å². The van der Waals surface area contributed by atoms with Gasteiger partial charge in [0, 0.05) is 30.3 Å². The third-order valence-corrected chi connectivity index (χ3v) is 7.14. The highest BCUT2D eigenvalue weighted by Crippen LogP contribution is 2.51. The van der Waals surface area contributed by atoms with Crippen molar-refractivity contribution in [3.63, 3.8) is 0 Å². The molecule has 178 valence electrons. The van der Waals surface area contributed by atoms with Crippen LogP contribution in [-0.2, 0) is 16.0 Å². The van der Waals surface area contributed by atoms with Gasteiger partial charge in [-0.05, 0) is 53.6 Å². The Morgan fingerprint density at radius 2 is 1.77 bits per heavy atom. The zero-order valence-corrected chi connectivity index (χ0v) is 18.4. The summed E-state index contributed by atoms with van der Waals surface area (Å²) in [5, 5.41) is 43.1. The molecule has 0 bridgehead atoms. The van der Waals surface area contributed by atoms with Crippen molar-refractivity contribution in [3.05, 3.63) is 81.6 Å². The summed E-state index contributed by atoms with van der Waals surface area (Å²) < 4.78 is 0. The number of ketones is 2. The van der Waals surface area contributed by atoms with Crippen molar-refractivity contribution in [1.82, 2.24) is 4.98 Å². The fourth-order valence-electron chi connectivity index (χ4n) is 5.46. The van der Waals surface area contributed by atoms with E-state index < -0.39 is 52.0 Å². The maximum absolute atomic E-state index is 13.5. The Kier molecular flexibility index (Phi) is 5.10. The SMILES string of the molecule is NC(=O)C1=C(O)C[C@@H]2C[C@@H]3Cc4c(/C=C/c5ccncc5)ccc(O)c4C(=O)C3=C(O)[C@]2(O)C1=O. The maximum atomic E-state index is 13.5. The summed E-state index contributed by atoms with van der Waals surface area (Å²) in [5.74, 6) is -6.41. The molecule has 0 unspecified atom stereocenters. The topological polar surface area (TPSA) is 171 Å². The lowest BCUT2D eigenvalue weighted by Gasteiger charge is -2.45. The number of hydrogen-bond acceptors (Lipinski definition) is 8. The van der Waals surface area contributed by atoms with E-state index in [1.807, 2.05) is 24.3 Å². The number of aromatic hydroxyl groups is 1. The Labute approximate surface area is 199 Å². The minimum absolute atomic E-state index is 0.0153. The molecule has 1 aromatic heterocycles. The number of nitrogens with zero attached hydrogens (tertiary/aromatic N) is 1. The van der Waals surface area contributed by atoms with E-state index in [0.717, 1.165) is 5.56 Å². The molecular formula is C26H22N2O7. The number of phenols is 1. The lowest BCUT2D eigenvalue weighted by Crippen LogP contribution is -2.57. The van der Waals surface area contributed by atoms with E-state index in [0.29, 0.717) is 11.1 Å². The predicted octanol–water partition coefficient (Wildman–Crippen LogP) is 2.15. The van der Waals surface area contributed by atoms with E-state index in [9.17, 15) is 34.8 Å². The first kappa shape index (κ1) is 22.5. The van der Waals surface area contributed by atoms with Crippen LogP contribution in [0.25, 0.3) is 12.2 Å². The quantitative estimate of drug-likeness (QED) is 0.421. The van der Waals surface area contributed by atoms with Crippen LogP contribution in [0.5, 0.6) is 5.75 Å². The highest BCUT2D eigenvalue weighted by Gasteiger charge is 2.59. The molecule has 1 heterocycles. The number of phenolic OH excluding ortho intramolecular Hbond substituents is 1. The molecule has 5 rings (SSSR count). The van der Waals surface area contributed by atoms with Crippen molar-refractivity contribution >= 4 is 29.6 Å². The number of rotatable bonds is 3. The molecule has 6 N–H and O–H groups in total. The smallest absolute Gasteiger partial charge is 0.255 e. The first-order valence-electron chi connectivity index (χ1n) is 11.0. The summed E-state index contributed by atoms with van der Waals surface area (Å²) in [6.07, 6.45) is 7.03. The lowest BCUT2D eigenvalue weighted by molar-refractivity contribution is -0.144. The fraction of sp³-hybridized carbons (Fsp3) is 0.231. The molecule has 9 nitrogen and oxygen atoms in total. The fourth-order valence-corrected chi connectivity index (χ4v) is 5.46. The third kappa shape index (κ3) is 3.27. The van der Waals surface area contributed by atoms with Crippen molar-refractivity contribution in [2.75, 3.05) is 0 Å². The zero-order chi connectivity index (χ0) is 25.1. The number of fused-ring (bicyclic) bond motifs is 3. The number of carbonyl (C=O) groups excluding carboxylic acids is 3. The summed E-state index contributed by atoms with van der Waals surface area (Å²) in [7, 11) is 0. The molecule has 1 amide bonds. The largest absolute Gasteiger partial charge is 0.511 e. The first-order valence-corrected chi connectivity index (χ1v) is 11.0. The van der Waals surface area contributed by atoms with Crippen LogP contribution in [0.3, 0.4) is 0 Å². The van der Waals surface area contributed by atoms with Gasteiger partial charge in [-0.2, -0.15) is 0 Å². The number of hydrogen-bond donors (Lipinski definition) is 5. The summed E-state index contributed by atoms with van der Waals surface area (Å²) in [6, 6.07) is 6.69. The van der Waals surface area contributed by atoms with Gasteiger partial charge >= 0.3 is 0 Å². The van der Waals surface area contributed by atoms with Gasteiger partial charge in [0.1, 0.15) is 22.8 Å². The Hall–Kier alpha value is -4.24. The second-order valence-corrected chi connectivity index (χ2v) is 9.05. The van der Waals surface area contributed by atoms with Gasteiger partial charge in [-0.1, -0.05) is 18.2 Å². The Balaban J connectivity index is 1.62. The monoisotopic (exact) mass is 474 g/mol. The van der Waals surface area contributed by atoms with Crippen LogP contribution >= 0.6 is 0 Å². The molecule has 0 saturated carbocycles. The number of aliphatic hydroxyl groups is 3. The van der Waals surface area contributed by atoms with Gasteiger partial charge in [0.05, 0.1) is 5.56 Å². The Morgan fingerprint density at radius 3 is 2.46 bits per heavy atom. The molecule has 1 aromatic carbocycles. The number of aliphatic hydroxyl groups excluding tert-OH is 2. The number of nitrogens with two attached hydrogens (primary N) is 1. The third-order valence-electron chi connectivity index (χ3n) is 7.14. The van der Waals surface area contributed by atoms with Gasteiger partial charge in [0.15, 0.2) is 11.4 Å². The molecule has 3 aliphatic carbocycles. The average molecular weight is 474 g/mol. The number of primary amides is 1. The normalized spacial score (nSPS) is 26.0. The second-order valence-electron chi connectivity index (χ2n) is 9.05. The van der Waals surface area contributed by atoms with E-state index >= 15 is 0 Å². The Morgan fingerprint density at radius 1 is 1.06 bits per heavy atom. The van der Waals surface area contributed by atoms with Crippen molar-refractivity contribution in [2.24, 2.45) is 17.6 Å². The molecule has 2 aromatic rings. The van der Waals surface area contributed by atoms with Crippen LogP contribution in [0, 0.1) is 11.8 Å². The van der Waals surface area contributed by atoms with E-state index in [1.165, 1.54) is 6.07 Å². The number of carbonyl (C=O) groups is 3. The molecule has 0 radical (unpaired) electrons. The predicted molar refractivity (Wildman–Crippen MR) is 124 cm³/mol. The summed E-state index contributed by atoms with van der Waals surface area (Å²) in [4.78, 5) is 42.2. The molecule has 3 aliphatic rings. The molecule has 0 fully saturated rings. The molecule has 0 aliphatic heterocycles. The van der Waals surface area contributed by atoms with Crippen molar-refractivity contribution in [2.45, 2.75) is 24.9 Å². The number of benzene rings is 1. The summed E-state index contributed by atoms with van der Waals surface area (Å²) >= 11 is 0. The van der Waals surface area contributed by atoms with Crippen molar-refractivity contribution < 1.29 is 34.8 Å². The number of amides is 1. The molecule has 9 heteroatoms. The zero-order valence-electron chi connectivity index (χ0n) is 18.4. The van der Waals surface area contributed by atoms with Crippen LogP contribution < -0.4 is 5.73 Å². The lowest BCUT2D eigenvalue weighted by atomic mass is 9.60. The van der Waals surface area contributed by atoms with Gasteiger partial charge in [0.2, 0.25) is 5.78 Å². The summed E-state index contributed by atoms with van der Waals surface area (Å²) in [6.45, 7) is 0. The first-order chi connectivity index (χ1) is 16.6. The number of allylic oxidation sites excluding steroid dienone is 2. The van der Waals surface area contributed by atoms with Gasteiger partial charge in [0.25, 0.3) is 5.91 Å². The number of Topliss-reactive ketones (excluding diaryl/α,β-unsaturated/α-hetero) is 2. The van der Waals surface area contributed by atoms with Crippen molar-refractivity contribution in [3.8, 4) is 5.75 Å². The van der Waals surface area contributed by atoms with Crippen LogP contribution in [0.15, 0.2) is 59.3 Å². The highest BCUT2D eigenvalue weighted by molar-refractivity contribution is 6.24. The van der Waals surface area contributed by atoms with Crippen molar-refractivity contribution in [1.29, 1.82) is 0 Å². The van der Waals surface area contributed by atoms with Gasteiger partial charge in [-0.15, -0.1) is 0 Å². The average Bonchev–Trinajstić information content (AvgIpc) is 2.81. The van der Waals surface area contributed by atoms with E-state index in [4.69, 9.17) is 5.73 Å². The minimum atomic E-state index is -2.57.